The number of nitrogens with two attached hydrogens (primary N) is 1. The van der Waals surface area contributed by atoms with Crippen molar-refractivity contribution < 1.29 is 0 Å². The molecule has 100 valence electrons. The third-order valence-corrected chi connectivity index (χ3v) is 4.33. The molecule has 1 aliphatic rings. The van der Waals surface area contributed by atoms with Gasteiger partial charge in [-0.25, -0.2) is 0 Å². The summed E-state index contributed by atoms with van der Waals surface area (Å²) in [6, 6.07) is 9.03. The molecule has 0 radical (unpaired) electrons. The van der Waals surface area contributed by atoms with Gasteiger partial charge in [0.25, 0.3) is 0 Å². The SMILES string of the molecule is CCc1ccc(CC(C)(CN)N2CCCC2)cc1. The average Bonchev–Trinajstić information content (AvgIpc) is 2.94. The zero-order valence-corrected chi connectivity index (χ0v) is 11.8. The molecule has 18 heavy (non-hydrogen) atoms. The van der Waals surface area contributed by atoms with Crippen LogP contribution >= 0.6 is 0 Å². The van der Waals surface area contributed by atoms with Gasteiger partial charge in [0, 0.05) is 12.1 Å². The molecule has 0 bridgehead atoms. The summed E-state index contributed by atoms with van der Waals surface area (Å²) in [5.41, 5.74) is 9.00. The molecule has 1 heterocycles. The number of aryl methyl sites for hydroxylation is 1. The number of rotatable bonds is 5. The maximum atomic E-state index is 6.05. The molecule has 0 amide bonds. The monoisotopic (exact) mass is 246 g/mol. The molecule has 1 atom stereocenters. The number of nitrogens with zero attached hydrogens (tertiary/aromatic N) is 1. The van der Waals surface area contributed by atoms with Crippen LogP contribution in [0.15, 0.2) is 24.3 Å². The molecule has 2 N–H and O–H groups in total. The summed E-state index contributed by atoms with van der Waals surface area (Å²) in [4.78, 5) is 2.57. The van der Waals surface area contributed by atoms with Crippen LogP contribution in [0.1, 0.15) is 37.8 Å². The van der Waals surface area contributed by atoms with Crippen molar-refractivity contribution in [3.63, 3.8) is 0 Å². The Balaban J connectivity index is 2.08. The van der Waals surface area contributed by atoms with E-state index >= 15 is 0 Å². The van der Waals surface area contributed by atoms with E-state index in [1.165, 1.54) is 37.1 Å². The number of benzene rings is 1. The van der Waals surface area contributed by atoms with E-state index in [1.54, 1.807) is 0 Å². The van der Waals surface area contributed by atoms with Crippen molar-refractivity contribution in [2.45, 2.75) is 45.1 Å². The summed E-state index contributed by atoms with van der Waals surface area (Å²) in [5, 5.41) is 0. The largest absolute Gasteiger partial charge is 0.329 e. The predicted octanol–water partition coefficient (Wildman–Crippen LogP) is 2.60. The molecule has 1 aromatic carbocycles. The Morgan fingerprint density at radius 3 is 2.17 bits per heavy atom. The summed E-state index contributed by atoms with van der Waals surface area (Å²) in [5.74, 6) is 0. The van der Waals surface area contributed by atoms with E-state index in [-0.39, 0.29) is 5.54 Å². The molecular formula is C16H26N2. The standard InChI is InChI=1S/C16H26N2/c1-3-14-6-8-15(9-7-14)12-16(2,13-17)18-10-4-5-11-18/h6-9H,3-5,10-13,17H2,1-2H3. The van der Waals surface area contributed by atoms with Crippen molar-refractivity contribution in [1.29, 1.82) is 0 Å². The minimum absolute atomic E-state index is 0.129. The lowest BCUT2D eigenvalue weighted by molar-refractivity contribution is 0.143. The fourth-order valence-electron chi connectivity index (χ4n) is 2.90. The Labute approximate surface area is 111 Å². The lowest BCUT2D eigenvalue weighted by atomic mass is 9.90. The smallest absolute Gasteiger partial charge is 0.0343 e. The molecule has 2 nitrogen and oxygen atoms in total. The number of likely N-dealkylation sites (tertiary alicyclic amines) is 1. The molecule has 1 fully saturated rings. The van der Waals surface area contributed by atoms with Crippen molar-refractivity contribution in [1.82, 2.24) is 4.90 Å². The quantitative estimate of drug-likeness (QED) is 0.865. The Hall–Kier alpha value is -0.860. The van der Waals surface area contributed by atoms with Crippen LogP contribution in [0.2, 0.25) is 0 Å². The molecule has 0 aromatic heterocycles. The first-order valence-corrected chi connectivity index (χ1v) is 7.21. The predicted molar refractivity (Wildman–Crippen MR) is 77.8 cm³/mol. The molecular weight excluding hydrogens is 220 g/mol. The summed E-state index contributed by atoms with van der Waals surface area (Å²) in [6.45, 7) is 7.67. The normalized spacial score (nSPS) is 19.9. The molecule has 0 aliphatic carbocycles. The van der Waals surface area contributed by atoms with E-state index < -0.39 is 0 Å². The van der Waals surface area contributed by atoms with Gasteiger partial charge in [-0.3, -0.25) is 4.90 Å². The van der Waals surface area contributed by atoms with Crippen molar-refractivity contribution in [2.24, 2.45) is 5.73 Å². The summed E-state index contributed by atoms with van der Waals surface area (Å²) in [7, 11) is 0. The Bertz CT molecular complexity index is 365. The first-order chi connectivity index (χ1) is 8.68. The van der Waals surface area contributed by atoms with Gasteiger partial charge >= 0.3 is 0 Å². The topological polar surface area (TPSA) is 29.3 Å². The van der Waals surface area contributed by atoms with Crippen molar-refractivity contribution in [3.8, 4) is 0 Å². The summed E-state index contributed by atoms with van der Waals surface area (Å²) < 4.78 is 0. The Kier molecular flexibility index (Phi) is 4.41. The first-order valence-electron chi connectivity index (χ1n) is 7.21. The van der Waals surface area contributed by atoms with Crippen LogP contribution in [-0.4, -0.2) is 30.1 Å². The molecule has 2 rings (SSSR count). The summed E-state index contributed by atoms with van der Waals surface area (Å²) >= 11 is 0. The van der Waals surface area contributed by atoms with E-state index in [4.69, 9.17) is 5.73 Å². The maximum absolute atomic E-state index is 6.05. The van der Waals surface area contributed by atoms with Crippen LogP contribution in [0.3, 0.4) is 0 Å². The zero-order valence-electron chi connectivity index (χ0n) is 11.8. The fourth-order valence-corrected chi connectivity index (χ4v) is 2.90. The molecule has 1 unspecified atom stereocenters. The lowest BCUT2D eigenvalue weighted by Crippen LogP contribution is -2.51. The minimum atomic E-state index is 0.129. The van der Waals surface area contributed by atoms with E-state index in [9.17, 15) is 0 Å². The number of hydrogen-bond donors (Lipinski definition) is 1. The van der Waals surface area contributed by atoms with Crippen molar-refractivity contribution >= 4 is 0 Å². The second-order valence-corrected chi connectivity index (χ2v) is 5.74. The van der Waals surface area contributed by atoms with Crippen LogP contribution in [0, 0.1) is 0 Å². The van der Waals surface area contributed by atoms with Gasteiger partial charge in [0.15, 0.2) is 0 Å². The third kappa shape index (κ3) is 2.93. The highest BCUT2D eigenvalue weighted by Crippen LogP contribution is 2.24. The molecule has 0 saturated carbocycles. The Morgan fingerprint density at radius 1 is 1.11 bits per heavy atom. The zero-order chi connectivity index (χ0) is 13.0. The van der Waals surface area contributed by atoms with Crippen LogP contribution in [0.25, 0.3) is 0 Å². The van der Waals surface area contributed by atoms with Gasteiger partial charge in [0.05, 0.1) is 0 Å². The van der Waals surface area contributed by atoms with Gasteiger partial charge in [-0.05, 0) is 56.8 Å². The lowest BCUT2D eigenvalue weighted by Gasteiger charge is -2.38. The average molecular weight is 246 g/mol. The Morgan fingerprint density at radius 2 is 1.67 bits per heavy atom. The van der Waals surface area contributed by atoms with Crippen LogP contribution in [-0.2, 0) is 12.8 Å². The molecule has 1 aromatic rings. The summed E-state index contributed by atoms with van der Waals surface area (Å²) in [6.07, 6.45) is 4.82. The van der Waals surface area contributed by atoms with Gasteiger partial charge < -0.3 is 5.73 Å². The maximum Gasteiger partial charge on any atom is 0.0343 e. The second kappa shape index (κ2) is 5.85. The van der Waals surface area contributed by atoms with E-state index in [1.807, 2.05) is 0 Å². The highest BCUT2D eigenvalue weighted by Gasteiger charge is 2.32. The van der Waals surface area contributed by atoms with Crippen LogP contribution < -0.4 is 5.73 Å². The second-order valence-electron chi connectivity index (χ2n) is 5.74. The van der Waals surface area contributed by atoms with Crippen LogP contribution in [0.4, 0.5) is 0 Å². The molecule has 1 saturated heterocycles. The van der Waals surface area contributed by atoms with Gasteiger partial charge in [-0.1, -0.05) is 31.2 Å². The van der Waals surface area contributed by atoms with Crippen molar-refractivity contribution in [3.05, 3.63) is 35.4 Å². The van der Waals surface area contributed by atoms with Crippen molar-refractivity contribution in [2.75, 3.05) is 19.6 Å². The first kappa shape index (κ1) is 13.6. The van der Waals surface area contributed by atoms with E-state index in [2.05, 4.69) is 43.0 Å². The molecule has 0 spiro atoms. The van der Waals surface area contributed by atoms with Gasteiger partial charge in [0.2, 0.25) is 0 Å². The van der Waals surface area contributed by atoms with E-state index in [0.717, 1.165) is 19.4 Å². The van der Waals surface area contributed by atoms with Gasteiger partial charge in [0.1, 0.15) is 0 Å². The van der Waals surface area contributed by atoms with Crippen LogP contribution in [0.5, 0.6) is 0 Å². The van der Waals surface area contributed by atoms with Gasteiger partial charge in [-0.2, -0.15) is 0 Å². The number of hydrogen-bond acceptors (Lipinski definition) is 2. The van der Waals surface area contributed by atoms with Gasteiger partial charge in [-0.15, -0.1) is 0 Å². The minimum Gasteiger partial charge on any atom is -0.329 e. The fraction of sp³-hybridized carbons (Fsp3) is 0.625. The molecule has 1 aliphatic heterocycles. The molecule has 2 heteroatoms. The van der Waals surface area contributed by atoms with E-state index in [0.29, 0.717) is 0 Å². The third-order valence-electron chi connectivity index (χ3n) is 4.33. The highest BCUT2D eigenvalue weighted by molar-refractivity contribution is 5.24. The highest BCUT2D eigenvalue weighted by atomic mass is 15.2.